The van der Waals surface area contributed by atoms with Crippen LogP contribution < -0.4 is 0 Å². The van der Waals surface area contributed by atoms with E-state index in [0.717, 1.165) is 6.42 Å². The molecule has 0 spiro atoms. The Morgan fingerprint density at radius 2 is 2.08 bits per heavy atom. The maximum absolute atomic E-state index is 2.24. The zero-order chi connectivity index (χ0) is 9.26. The van der Waals surface area contributed by atoms with Gasteiger partial charge in [0.05, 0.1) is 0 Å². The number of hydrogen-bond acceptors (Lipinski definition) is 1. The average Bonchev–Trinajstić information content (AvgIpc) is 2.17. The molecule has 1 aliphatic heterocycles. The minimum Gasteiger partial charge on any atom is -0.0946 e. The van der Waals surface area contributed by atoms with Crippen LogP contribution in [0.4, 0.5) is 0 Å². The number of fused-ring (bicyclic) bond motifs is 1. The highest BCUT2D eigenvalue weighted by atomic mass is 32.2. The summed E-state index contributed by atoms with van der Waals surface area (Å²) >= 11 is 1.92. The van der Waals surface area contributed by atoms with Gasteiger partial charge in [0.1, 0.15) is 0 Å². The van der Waals surface area contributed by atoms with Crippen molar-refractivity contribution in [1.82, 2.24) is 0 Å². The van der Waals surface area contributed by atoms with Crippen LogP contribution in [0.3, 0.4) is 0 Å². The van der Waals surface area contributed by atoms with E-state index in [4.69, 9.17) is 0 Å². The van der Waals surface area contributed by atoms with Gasteiger partial charge in [-0.3, -0.25) is 0 Å². The molecular weight excluding hydrogens is 176 g/mol. The minimum absolute atomic E-state index is 1.16. The lowest BCUT2D eigenvalue weighted by atomic mass is 10.0. The fourth-order valence-electron chi connectivity index (χ4n) is 1.71. The van der Waals surface area contributed by atoms with Crippen molar-refractivity contribution in [3.05, 3.63) is 40.3 Å². The third kappa shape index (κ3) is 1.66. The zero-order valence-corrected chi connectivity index (χ0v) is 8.95. The molecule has 0 nitrogen and oxygen atoms in total. The Hall–Kier alpha value is -0.690. The van der Waals surface area contributed by atoms with Crippen molar-refractivity contribution in [2.45, 2.75) is 31.6 Å². The van der Waals surface area contributed by atoms with Gasteiger partial charge in [-0.1, -0.05) is 42.5 Å². The molecule has 0 atom stereocenters. The molecule has 0 fully saturated rings. The molecule has 1 aliphatic rings. The van der Waals surface area contributed by atoms with Gasteiger partial charge in [-0.15, -0.1) is 0 Å². The molecule has 1 heteroatoms. The summed E-state index contributed by atoms with van der Waals surface area (Å²) in [6, 6.07) is 8.71. The van der Waals surface area contributed by atoms with Crippen LogP contribution in [0.1, 0.15) is 25.8 Å². The number of thioether (sulfide) groups is 1. The van der Waals surface area contributed by atoms with Crippen LogP contribution in [0.5, 0.6) is 0 Å². The summed E-state index contributed by atoms with van der Waals surface area (Å²) in [7, 11) is 0. The third-order valence-electron chi connectivity index (χ3n) is 2.56. The molecule has 0 aromatic heterocycles. The summed E-state index contributed by atoms with van der Waals surface area (Å²) < 4.78 is 0. The first kappa shape index (κ1) is 8.89. The molecule has 0 N–H and O–H groups in total. The molecule has 0 amide bonds. The SMILES string of the molecule is CCC1=C(C)Sc2ccccc2C1. The van der Waals surface area contributed by atoms with Gasteiger partial charge in [-0.2, -0.15) is 0 Å². The van der Waals surface area contributed by atoms with Gasteiger partial charge in [-0.25, -0.2) is 0 Å². The first-order chi connectivity index (χ1) is 6.31. The van der Waals surface area contributed by atoms with Crippen molar-refractivity contribution in [2.75, 3.05) is 0 Å². The molecular formula is C12H14S. The van der Waals surface area contributed by atoms with E-state index in [2.05, 4.69) is 38.1 Å². The van der Waals surface area contributed by atoms with Crippen molar-refractivity contribution in [3.63, 3.8) is 0 Å². The Labute approximate surface area is 84.0 Å². The molecule has 13 heavy (non-hydrogen) atoms. The van der Waals surface area contributed by atoms with E-state index in [-0.39, 0.29) is 0 Å². The van der Waals surface area contributed by atoms with Crippen molar-refractivity contribution in [2.24, 2.45) is 0 Å². The van der Waals surface area contributed by atoms with Crippen LogP contribution in [-0.4, -0.2) is 0 Å². The predicted octanol–water partition coefficient (Wildman–Crippen LogP) is 4.02. The van der Waals surface area contributed by atoms with Gasteiger partial charge in [0.25, 0.3) is 0 Å². The van der Waals surface area contributed by atoms with Gasteiger partial charge in [0, 0.05) is 4.90 Å². The van der Waals surface area contributed by atoms with E-state index in [1.165, 1.54) is 21.8 Å². The Bertz CT molecular complexity index is 350. The summed E-state index contributed by atoms with van der Waals surface area (Å²) in [5.41, 5.74) is 3.10. The molecule has 0 saturated carbocycles. The molecule has 0 radical (unpaired) electrons. The van der Waals surface area contributed by atoms with E-state index >= 15 is 0 Å². The largest absolute Gasteiger partial charge is 0.0946 e. The number of rotatable bonds is 1. The van der Waals surface area contributed by atoms with Gasteiger partial charge in [0.15, 0.2) is 0 Å². The summed E-state index contributed by atoms with van der Waals surface area (Å²) in [6.45, 7) is 4.48. The minimum atomic E-state index is 1.16. The van der Waals surface area contributed by atoms with E-state index in [1.54, 1.807) is 5.57 Å². The van der Waals surface area contributed by atoms with Gasteiger partial charge < -0.3 is 0 Å². The van der Waals surface area contributed by atoms with Crippen LogP contribution >= 0.6 is 11.8 Å². The Morgan fingerprint density at radius 1 is 1.31 bits per heavy atom. The van der Waals surface area contributed by atoms with E-state index < -0.39 is 0 Å². The smallest absolute Gasteiger partial charge is 0.0154 e. The monoisotopic (exact) mass is 190 g/mol. The maximum Gasteiger partial charge on any atom is 0.0154 e. The average molecular weight is 190 g/mol. The molecule has 1 heterocycles. The van der Waals surface area contributed by atoms with Gasteiger partial charge in [-0.05, 0) is 36.3 Å². The lowest BCUT2D eigenvalue weighted by Crippen LogP contribution is -1.99. The standard InChI is InChI=1S/C12H14S/c1-3-10-8-11-6-4-5-7-12(11)13-9(10)2/h4-7H,3,8H2,1-2H3. The maximum atomic E-state index is 2.24. The Balaban J connectivity index is 2.37. The lowest BCUT2D eigenvalue weighted by molar-refractivity contribution is 0.963. The lowest BCUT2D eigenvalue weighted by Gasteiger charge is -2.19. The first-order valence-corrected chi connectivity index (χ1v) is 5.57. The zero-order valence-electron chi connectivity index (χ0n) is 8.13. The van der Waals surface area contributed by atoms with Gasteiger partial charge >= 0.3 is 0 Å². The molecule has 0 bridgehead atoms. The number of hydrogen-bond donors (Lipinski definition) is 0. The molecule has 0 aliphatic carbocycles. The topological polar surface area (TPSA) is 0 Å². The van der Waals surface area contributed by atoms with Crippen LogP contribution in [0.15, 0.2) is 39.6 Å². The van der Waals surface area contributed by atoms with Crippen LogP contribution in [0, 0.1) is 0 Å². The van der Waals surface area contributed by atoms with Gasteiger partial charge in [0.2, 0.25) is 0 Å². The fraction of sp³-hybridized carbons (Fsp3) is 0.333. The summed E-state index contributed by atoms with van der Waals surface area (Å²) in [5, 5.41) is 0. The van der Waals surface area contributed by atoms with Crippen molar-refractivity contribution < 1.29 is 0 Å². The molecule has 1 aromatic carbocycles. The fourth-order valence-corrected chi connectivity index (χ4v) is 2.82. The quantitative estimate of drug-likeness (QED) is 0.644. The van der Waals surface area contributed by atoms with E-state index in [0.29, 0.717) is 0 Å². The second-order valence-electron chi connectivity index (χ2n) is 3.40. The van der Waals surface area contributed by atoms with Crippen LogP contribution in [-0.2, 0) is 6.42 Å². The number of allylic oxidation sites excluding steroid dienone is 2. The Morgan fingerprint density at radius 3 is 2.85 bits per heavy atom. The van der Waals surface area contributed by atoms with Crippen molar-refractivity contribution >= 4 is 11.8 Å². The molecule has 0 unspecified atom stereocenters. The molecule has 2 rings (SSSR count). The summed E-state index contributed by atoms with van der Waals surface area (Å²) in [4.78, 5) is 2.94. The second kappa shape index (κ2) is 3.59. The van der Waals surface area contributed by atoms with Crippen molar-refractivity contribution in [3.8, 4) is 0 Å². The predicted molar refractivity (Wildman–Crippen MR) is 59.0 cm³/mol. The van der Waals surface area contributed by atoms with E-state index in [1.807, 2.05) is 11.8 Å². The van der Waals surface area contributed by atoms with Crippen LogP contribution in [0.25, 0.3) is 0 Å². The molecule has 1 aromatic rings. The second-order valence-corrected chi connectivity index (χ2v) is 4.66. The third-order valence-corrected chi connectivity index (χ3v) is 3.78. The normalized spacial score (nSPS) is 15.8. The summed E-state index contributed by atoms with van der Waals surface area (Å²) in [6.07, 6.45) is 2.35. The first-order valence-electron chi connectivity index (χ1n) is 4.75. The summed E-state index contributed by atoms with van der Waals surface area (Å²) in [5.74, 6) is 0. The van der Waals surface area contributed by atoms with E-state index in [9.17, 15) is 0 Å². The molecule has 68 valence electrons. The highest BCUT2D eigenvalue weighted by molar-refractivity contribution is 8.03. The Kier molecular flexibility index (Phi) is 2.45. The number of benzene rings is 1. The highest BCUT2D eigenvalue weighted by Crippen LogP contribution is 2.38. The van der Waals surface area contributed by atoms with Crippen LogP contribution in [0.2, 0.25) is 0 Å². The van der Waals surface area contributed by atoms with Crippen molar-refractivity contribution in [1.29, 1.82) is 0 Å². The molecule has 0 saturated heterocycles. The highest BCUT2D eigenvalue weighted by Gasteiger charge is 2.13.